The van der Waals surface area contributed by atoms with Crippen LogP contribution in [-0.2, 0) is 10.3 Å². The molecule has 1 aromatic heterocycles. The lowest BCUT2D eigenvalue weighted by molar-refractivity contribution is -0.167. The van der Waals surface area contributed by atoms with E-state index >= 15 is 0 Å². The second-order valence-corrected chi connectivity index (χ2v) is 10.3. The van der Waals surface area contributed by atoms with Crippen LogP contribution in [0.2, 0.25) is 0 Å². The van der Waals surface area contributed by atoms with Gasteiger partial charge in [0.2, 0.25) is 0 Å². The van der Waals surface area contributed by atoms with E-state index in [1.165, 1.54) is 18.7 Å². The lowest BCUT2D eigenvalue weighted by atomic mass is 9.90. The molecule has 4 rings (SSSR count). The van der Waals surface area contributed by atoms with Gasteiger partial charge in [-0.05, 0) is 55.0 Å². The summed E-state index contributed by atoms with van der Waals surface area (Å²) in [4.78, 5) is 5.01. The van der Waals surface area contributed by atoms with Crippen LogP contribution in [0.1, 0.15) is 36.8 Å². The first-order valence-electron chi connectivity index (χ1n) is 11.2. The third-order valence-corrected chi connectivity index (χ3v) is 7.57. The summed E-state index contributed by atoms with van der Waals surface area (Å²) in [5, 5.41) is 37.8. The third kappa shape index (κ3) is 5.52. The summed E-state index contributed by atoms with van der Waals surface area (Å²) in [6.45, 7) is 0.661. The molecular formula is C23H27F3N4O4S. The number of benzene rings is 1. The lowest BCUT2D eigenvalue weighted by Crippen LogP contribution is -2.64. The Morgan fingerprint density at radius 1 is 1.17 bits per heavy atom. The molecule has 2 aromatic rings. The van der Waals surface area contributed by atoms with Gasteiger partial charge in [-0.2, -0.15) is 5.11 Å². The Labute approximate surface area is 204 Å². The van der Waals surface area contributed by atoms with E-state index in [1.54, 1.807) is 12.4 Å². The molecule has 0 amide bonds. The van der Waals surface area contributed by atoms with Crippen LogP contribution in [0.5, 0.6) is 0 Å². The quantitative estimate of drug-likeness (QED) is 0.258. The highest BCUT2D eigenvalue weighted by atomic mass is 32.2. The fourth-order valence-corrected chi connectivity index (χ4v) is 5.19. The maximum atomic E-state index is 13.8. The molecule has 1 aliphatic heterocycles. The second kappa shape index (κ2) is 10.5. The van der Waals surface area contributed by atoms with E-state index in [0.29, 0.717) is 5.92 Å². The SMILES string of the molecule is CC(CNC1C(O)[C@@H](Sc2cncc(C3CC3)c2)OC(CO)[C@@H]1O)(N=N)c1cc(F)c(F)c(F)c1. The van der Waals surface area contributed by atoms with Crippen LogP contribution in [-0.4, -0.2) is 63.2 Å². The molecular weight excluding hydrogens is 485 g/mol. The van der Waals surface area contributed by atoms with Crippen molar-refractivity contribution < 1.29 is 33.2 Å². The molecule has 1 saturated heterocycles. The third-order valence-electron chi connectivity index (χ3n) is 6.45. The largest absolute Gasteiger partial charge is 0.394 e. The molecule has 0 radical (unpaired) electrons. The zero-order valence-corrected chi connectivity index (χ0v) is 19.7. The lowest BCUT2D eigenvalue weighted by Gasteiger charge is -2.43. The Kier molecular flexibility index (Phi) is 7.79. The van der Waals surface area contributed by atoms with Crippen molar-refractivity contribution in [1.82, 2.24) is 10.3 Å². The number of hydrogen-bond acceptors (Lipinski definition) is 9. The van der Waals surface area contributed by atoms with Crippen LogP contribution in [0.15, 0.2) is 40.6 Å². The van der Waals surface area contributed by atoms with Gasteiger partial charge in [0, 0.05) is 23.8 Å². The normalized spacial score (nSPS) is 28.5. The highest BCUT2D eigenvalue weighted by molar-refractivity contribution is 7.99. The van der Waals surface area contributed by atoms with Crippen molar-refractivity contribution in [3.8, 4) is 0 Å². The van der Waals surface area contributed by atoms with Gasteiger partial charge >= 0.3 is 0 Å². The van der Waals surface area contributed by atoms with Crippen LogP contribution in [0.25, 0.3) is 0 Å². The van der Waals surface area contributed by atoms with Gasteiger partial charge in [0.1, 0.15) is 29.3 Å². The van der Waals surface area contributed by atoms with Crippen molar-refractivity contribution in [2.45, 2.75) is 65.9 Å². The average Bonchev–Trinajstić information content (AvgIpc) is 3.69. The van der Waals surface area contributed by atoms with Crippen LogP contribution >= 0.6 is 11.8 Å². The number of thioether (sulfide) groups is 1. The first-order chi connectivity index (χ1) is 16.7. The topological polar surface area (TPSA) is 131 Å². The van der Waals surface area contributed by atoms with Gasteiger partial charge < -0.3 is 25.4 Å². The fraction of sp³-hybridized carbons (Fsp3) is 0.522. The first-order valence-corrected chi connectivity index (χ1v) is 12.1. The maximum absolute atomic E-state index is 13.8. The highest BCUT2D eigenvalue weighted by Crippen LogP contribution is 2.41. The van der Waals surface area contributed by atoms with Gasteiger partial charge in [-0.25, -0.2) is 18.7 Å². The number of aliphatic hydroxyl groups is 3. The van der Waals surface area contributed by atoms with Gasteiger partial charge in [-0.3, -0.25) is 4.98 Å². The number of aromatic nitrogens is 1. The van der Waals surface area contributed by atoms with Crippen molar-refractivity contribution in [3.05, 3.63) is 59.2 Å². The zero-order chi connectivity index (χ0) is 25.3. The summed E-state index contributed by atoms with van der Waals surface area (Å²) in [6, 6.07) is 2.45. The first kappa shape index (κ1) is 26.0. The van der Waals surface area contributed by atoms with E-state index in [0.717, 1.165) is 35.4 Å². The fourth-order valence-electron chi connectivity index (χ4n) is 4.09. The number of rotatable bonds is 9. The number of nitrogens with zero attached hydrogens (tertiary/aromatic N) is 2. The summed E-state index contributed by atoms with van der Waals surface area (Å²) < 4.78 is 46.7. The van der Waals surface area contributed by atoms with Gasteiger partial charge in [0.25, 0.3) is 0 Å². The smallest absolute Gasteiger partial charge is 0.194 e. The Hall–Kier alpha value is -2.09. The van der Waals surface area contributed by atoms with E-state index in [-0.39, 0.29) is 12.1 Å². The molecule has 6 atom stereocenters. The number of halogens is 3. The monoisotopic (exact) mass is 512 g/mol. The summed E-state index contributed by atoms with van der Waals surface area (Å²) in [6.07, 6.45) is 2.03. The summed E-state index contributed by atoms with van der Waals surface area (Å²) in [5.74, 6) is -3.98. The number of hydrogen-bond donors (Lipinski definition) is 5. The Bertz CT molecular complexity index is 1060. The molecule has 4 unspecified atom stereocenters. The molecule has 1 aromatic carbocycles. The van der Waals surface area contributed by atoms with Crippen molar-refractivity contribution >= 4 is 11.8 Å². The van der Waals surface area contributed by atoms with Crippen molar-refractivity contribution in [1.29, 1.82) is 5.53 Å². The van der Waals surface area contributed by atoms with Gasteiger partial charge in [0.05, 0.1) is 12.6 Å². The minimum atomic E-state index is -1.63. The van der Waals surface area contributed by atoms with Crippen LogP contribution in [0.3, 0.4) is 0 Å². The molecule has 8 nitrogen and oxygen atoms in total. The molecule has 0 spiro atoms. The van der Waals surface area contributed by atoms with Crippen LogP contribution < -0.4 is 5.32 Å². The summed E-state index contributed by atoms with van der Waals surface area (Å²) >= 11 is 1.20. The summed E-state index contributed by atoms with van der Waals surface area (Å²) in [7, 11) is 0. The predicted octanol–water partition coefficient (Wildman–Crippen LogP) is 2.81. The Morgan fingerprint density at radius 2 is 1.86 bits per heavy atom. The van der Waals surface area contributed by atoms with Gasteiger partial charge in [0.15, 0.2) is 17.5 Å². The number of ether oxygens (including phenoxy) is 1. The van der Waals surface area contributed by atoms with Crippen LogP contribution in [0, 0.1) is 23.0 Å². The minimum absolute atomic E-state index is 0.0972. The number of aliphatic hydroxyl groups excluding tert-OH is 3. The second-order valence-electron chi connectivity index (χ2n) is 9.10. The minimum Gasteiger partial charge on any atom is -0.394 e. The number of nitrogens with one attached hydrogen (secondary N) is 2. The van der Waals surface area contributed by atoms with Gasteiger partial charge in [-0.1, -0.05) is 11.8 Å². The molecule has 2 fully saturated rings. The molecule has 190 valence electrons. The molecule has 12 heteroatoms. The molecule has 0 bridgehead atoms. The van der Waals surface area contributed by atoms with Gasteiger partial charge in [-0.15, -0.1) is 0 Å². The summed E-state index contributed by atoms with van der Waals surface area (Å²) in [5.41, 5.74) is 6.17. The molecule has 5 N–H and O–H groups in total. The molecule has 1 saturated carbocycles. The molecule has 2 aliphatic rings. The van der Waals surface area contributed by atoms with E-state index in [4.69, 9.17) is 10.3 Å². The van der Waals surface area contributed by atoms with E-state index in [2.05, 4.69) is 15.4 Å². The standard InChI is InChI=1S/C23H27F3N4O4S/c1-23(30-27,13-5-15(24)18(26)16(25)6-13)10-29-19-20(32)17(9-31)34-22(21(19)33)35-14-4-12(7-28-8-14)11-2-3-11/h4-8,11,17,19-22,27,29,31-33H,2-3,9-10H2,1H3/t17?,19?,20-,21?,22+,23?/m0/s1. The van der Waals surface area contributed by atoms with E-state index in [9.17, 15) is 28.5 Å². The molecule has 1 aliphatic carbocycles. The Morgan fingerprint density at radius 3 is 2.46 bits per heavy atom. The van der Waals surface area contributed by atoms with E-state index in [1.807, 2.05) is 6.07 Å². The average molecular weight is 513 g/mol. The van der Waals surface area contributed by atoms with Crippen molar-refractivity contribution in [3.63, 3.8) is 0 Å². The predicted molar refractivity (Wildman–Crippen MR) is 120 cm³/mol. The van der Waals surface area contributed by atoms with Crippen molar-refractivity contribution in [2.75, 3.05) is 13.2 Å². The van der Waals surface area contributed by atoms with Crippen molar-refractivity contribution in [2.24, 2.45) is 5.11 Å². The highest BCUT2D eigenvalue weighted by Gasteiger charge is 2.45. The van der Waals surface area contributed by atoms with Crippen LogP contribution in [0.4, 0.5) is 13.2 Å². The number of pyridine rings is 1. The maximum Gasteiger partial charge on any atom is 0.194 e. The molecule has 2 heterocycles. The Balaban J connectivity index is 1.52. The van der Waals surface area contributed by atoms with E-state index < -0.39 is 59.4 Å². The zero-order valence-electron chi connectivity index (χ0n) is 18.9. The molecule has 35 heavy (non-hydrogen) atoms.